The average molecular weight is 260 g/mol. The number of rotatable bonds is 6. The highest BCUT2D eigenvalue weighted by Gasteiger charge is 2.17. The molecule has 102 valence electrons. The van der Waals surface area contributed by atoms with E-state index in [0.717, 1.165) is 34.7 Å². The first-order chi connectivity index (χ1) is 9.31. The van der Waals surface area contributed by atoms with Crippen LogP contribution >= 0.6 is 0 Å². The molecular weight excluding hydrogens is 240 g/mol. The number of nitrogens with one attached hydrogen (secondary N) is 1. The SMILES string of the molecule is CCOc1cccc(OCC)c1-c1cn[nH]c1CC. The van der Waals surface area contributed by atoms with Crippen molar-refractivity contribution in [1.82, 2.24) is 10.2 Å². The van der Waals surface area contributed by atoms with Crippen LogP contribution in [0.15, 0.2) is 24.4 Å². The predicted octanol–water partition coefficient (Wildman–Crippen LogP) is 3.44. The molecule has 0 aliphatic rings. The lowest BCUT2D eigenvalue weighted by molar-refractivity contribution is 0.325. The van der Waals surface area contributed by atoms with Gasteiger partial charge in [-0.1, -0.05) is 13.0 Å². The van der Waals surface area contributed by atoms with Crippen molar-refractivity contribution in [3.8, 4) is 22.6 Å². The Morgan fingerprint density at radius 3 is 2.21 bits per heavy atom. The van der Waals surface area contributed by atoms with E-state index in [1.807, 2.05) is 38.2 Å². The van der Waals surface area contributed by atoms with Gasteiger partial charge in [-0.05, 0) is 32.4 Å². The van der Waals surface area contributed by atoms with Gasteiger partial charge in [-0.25, -0.2) is 0 Å². The normalized spacial score (nSPS) is 10.5. The van der Waals surface area contributed by atoms with Gasteiger partial charge < -0.3 is 9.47 Å². The summed E-state index contributed by atoms with van der Waals surface area (Å²) in [6, 6.07) is 5.88. The Hall–Kier alpha value is -1.97. The van der Waals surface area contributed by atoms with Crippen LogP contribution in [0.4, 0.5) is 0 Å². The first-order valence-corrected chi connectivity index (χ1v) is 6.72. The fourth-order valence-corrected chi connectivity index (χ4v) is 2.13. The molecule has 4 heteroatoms. The molecule has 0 amide bonds. The maximum atomic E-state index is 5.73. The largest absolute Gasteiger partial charge is 0.493 e. The lowest BCUT2D eigenvalue weighted by Crippen LogP contribution is -1.99. The van der Waals surface area contributed by atoms with Crippen molar-refractivity contribution >= 4 is 0 Å². The van der Waals surface area contributed by atoms with Crippen molar-refractivity contribution in [2.45, 2.75) is 27.2 Å². The number of H-pyrrole nitrogens is 1. The molecule has 1 heterocycles. The van der Waals surface area contributed by atoms with E-state index in [2.05, 4.69) is 17.1 Å². The number of ether oxygens (including phenoxy) is 2. The summed E-state index contributed by atoms with van der Waals surface area (Å²) in [5.74, 6) is 1.68. The van der Waals surface area contributed by atoms with E-state index in [0.29, 0.717) is 13.2 Å². The molecule has 0 aliphatic carbocycles. The topological polar surface area (TPSA) is 47.1 Å². The van der Waals surface area contributed by atoms with E-state index in [1.54, 1.807) is 0 Å². The smallest absolute Gasteiger partial charge is 0.130 e. The molecule has 0 bridgehead atoms. The minimum Gasteiger partial charge on any atom is -0.493 e. The van der Waals surface area contributed by atoms with Crippen molar-refractivity contribution in [3.63, 3.8) is 0 Å². The molecular formula is C15H20N2O2. The molecule has 0 radical (unpaired) electrons. The van der Waals surface area contributed by atoms with Gasteiger partial charge in [-0.3, -0.25) is 5.10 Å². The van der Waals surface area contributed by atoms with Gasteiger partial charge in [0.15, 0.2) is 0 Å². The molecule has 2 aromatic rings. The van der Waals surface area contributed by atoms with E-state index in [4.69, 9.17) is 9.47 Å². The van der Waals surface area contributed by atoms with E-state index < -0.39 is 0 Å². The number of benzene rings is 1. The third-order valence-electron chi connectivity index (χ3n) is 2.93. The van der Waals surface area contributed by atoms with Crippen LogP contribution in [0.1, 0.15) is 26.5 Å². The predicted molar refractivity (Wildman–Crippen MR) is 75.7 cm³/mol. The highest BCUT2D eigenvalue weighted by atomic mass is 16.5. The maximum absolute atomic E-state index is 5.73. The van der Waals surface area contributed by atoms with Gasteiger partial charge in [0, 0.05) is 11.3 Å². The molecule has 0 aliphatic heterocycles. The molecule has 0 atom stereocenters. The summed E-state index contributed by atoms with van der Waals surface area (Å²) < 4.78 is 11.5. The van der Waals surface area contributed by atoms with Gasteiger partial charge in [0.05, 0.1) is 25.0 Å². The van der Waals surface area contributed by atoms with Crippen LogP contribution in [0.2, 0.25) is 0 Å². The van der Waals surface area contributed by atoms with Gasteiger partial charge >= 0.3 is 0 Å². The first kappa shape index (κ1) is 13.5. The molecule has 2 rings (SSSR count). The maximum Gasteiger partial charge on any atom is 0.130 e. The van der Waals surface area contributed by atoms with Crippen LogP contribution in [0.3, 0.4) is 0 Å². The minimum absolute atomic E-state index is 0.627. The standard InChI is InChI=1S/C15H20N2O2/c1-4-12-11(10-16-17-12)15-13(18-5-2)8-7-9-14(15)19-6-3/h7-10H,4-6H2,1-3H3,(H,16,17). The average Bonchev–Trinajstić information content (AvgIpc) is 2.88. The third-order valence-corrected chi connectivity index (χ3v) is 2.93. The van der Waals surface area contributed by atoms with E-state index in [9.17, 15) is 0 Å². The quantitative estimate of drug-likeness (QED) is 0.865. The van der Waals surface area contributed by atoms with Crippen LogP contribution < -0.4 is 9.47 Å². The Labute approximate surface area is 113 Å². The molecule has 1 aromatic carbocycles. The zero-order valence-electron chi connectivity index (χ0n) is 11.7. The van der Waals surface area contributed by atoms with Crippen LogP contribution in [-0.4, -0.2) is 23.4 Å². The summed E-state index contributed by atoms with van der Waals surface area (Å²) in [7, 11) is 0. The zero-order valence-corrected chi connectivity index (χ0v) is 11.7. The van der Waals surface area contributed by atoms with Gasteiger partial charge in [0.1, 0.15) is 11.5 Å². The fraction of sp³-hybridized carbons (Fsp3) is 0.400. The number of nitrogens with zero attached hydrogens (tertiary/aromatic N) is 1. The number of aromatic nitrogens is 2. The highest BCUT2D eigenvalue weighted by Crippen LogP contribution is 2.39. The summed E-state index contributed by atoms with van der Waals surface area (Å²) in [6.07, 6.45) is 2.72. The van der Waals surface area contributed by atoms with Crippen LogP contribution in [-0.2, 0) is 6.42 Å². The Kier molecular flexibility index (Phi) is 4.44. The second-order valence-corrected chi connectivity index (χ2v) is 4.11. The van der Waals surface area contributed by atoms with Crippen molar-refractivity contribution in [3.05, 3.63) is 30.1 Å². The Balaban J connectivity index is 2.57. The number of hydrogen-bond donors (Lipinski definition) is 1. The van der Waals surface area contributed by atoms with Crippen molar-refractivity contribution < 1.29 is 9.47 Å². The van der Waals surface area contributed by atoms with Gasteiger partial charge in [-0.15, -0.1) is 0 Å². The summed E-state index contributed by atoms with van der Waals surface area (Å²) in [4.78, 5) is 0. The molecule has 0 saturated heterocycles. The van der Waals surface area contributed by atoms with Crippen molar-refractivity contribution in [2.24, 2.45) is 0 Å². The summed E-state index contributed by atoms with van der Waals surface area (Å²) in [5.41, 5.74) is 3.12. The van der Waals surface area contributed by atoms with Crippen molar-refractivity contribution in [2.75, 3.05) is 13.2 Å². The van der Waals surface area contributed by atoms with E-state index in [-0.39, 0.29) is 0 Å². The Morgan fingerprint density at radius 1 is 1.05 bits per heavy atom. The molecule has 0 unspecified atom stereocenters. The minimum atomic E-state index is 0.627. The molecule has 0 saturated carbocycles. The lowest BCUT2D eigenvalue weighted by Gasteiger charge is -2.15. The first-order valence-electron chi connectivity index (χ1n) is 6.72. The third kappa shape index (κ3) is 2.72. The molecule has 19 heavy (non-hydrogen) atoms. The lowest BCUT2D eigenvalue weighted by atomic mass is 10.0. The van der Waals surface area contributed by atoms with Crippen LogP contribution in [0, 0.1) is 0 Å². The van der Waals surface area contributed by atoms with Crippen LogP contribution in [0.25, 0.3) is 11.1 Å². The Bertz CT molecular complexity index is 510. The molecule has 4 nitrogen and oxygen atoms in total. The van der Waals surface area contributed by atoms with Gasteiger partial charge in [-0.2, -0.15) is 5.10 Å². The summed E-state index contributed by atoms with van der Waals surface area (Å²) in [5, 5.41) is 7.17. The van der Waals surface area contributed by atoms with E-state index in [1.165, 1.54) is 0 Å². The second kappa shape index (κ2) is 6.27. The molecule has 1 aromatic heterocycles. The second-order valence-electron chi connectivity index (χ2n) is 4.11. The van der Waals surface area contributed by atoms with E-state index >= 15 is 0 Å². The summed E-state index contributed by atoms with van der Waals surface area (Å²) in [6.45, 7) is 7.31. The molecule has 0 fully saturated rings. The van der Waals surface area contributed by atoms with Crippen LogP contribution in [0.5, 0.6) is 11.5 Å². The highest BCUT2D eigenvalue weighted by molar-refractivity contribution is 5.78. The van der Waals surface area contributed by atoms with Crippen molar-refractivity contribution in [1.29, 1.82) is 0 Å². The fourth-order valence-electron chi connectivity index (χ4n) is 2.13. The summed E-state index contributed by atoms with van der Waals surface area (Å²) >= 11 is 0. The monoisotopic (exact) mass is 260 g/mol. The Morgan fingerprint density at radius 2 is 1.68 bits per heavy atom. The van der Waals surface area contributed by atoms with Gasteiger partial charge in [0.2, 0.25) is 0 Å². The molecule has 0 spiro atoms. The number of aromatic amines is 1. The number of aryl methyl sites for hydroxylation is 1. The zero-order chi connectivity index (χ0) is 13.7. The molecule has 1 N–H and O–H groups in total. The van der Waals surface area contributed by atoms with Gasteiger partial charge in [0.25, 0.3) is 0 Å². The number of hydrogen-bond acceptors (Lipinski definition) is 3.